The highest BCUT2D eigenvalue weighted by molar-refractivity contribution is 5.74. The first-order valence-corrected chi connectivity index (χ1v) is 4.82. The van der Waals surface area contributed by atoms with E-state index in [9.17, 15) is 4.79 Å². The summed E-state index contributed by atoms with van der Waals surface area (Å²) in [7, 11) is 0. The van der Waals surface area contributed by atoms with Crippen LogP contribution in [0.5, 0.6) is 0 Å². The average Bonchev–Trinajstić information content (AvgIpc) is 2.57. The predicted octanol–water partition coefficient (Wildman–Crippen LogP) is 2.17. The van der Waals surface area contributed by atoms with Crippen LogP contribution in [0.15, 0.2) is 23.3 Å². The number of pyridine rings is 1. The fourth-order valence-electron chi connectivity index (χ4n) is 1.76. The lowest BCUT2D eigenvalue weighted by Gasteiger charge is -1.99. The smallest absolute Gasteiger partial charge is 0.240 e. The molecule has 4 nitrogen and oxygen atoms in total. The van der Waals surface area contributed by atoms with E-state index in [0.717, 1.165) is 23.5 Å². The molecule has 0 aliphatic heterocycles. The zero-order valence-corrected chi connectivity index (χ0v) is 8.69. The van der Waals surface area contributed by atoms with Crippen molar-refractivity contribution in [1.29, 1.82) is 0 Å². The van der Waals surface area contributed by atoms with Crippen LogP contribution in [0.3, 0.4) is 0 Å². The summed E-state index contributed by atoms with van der Waals surface area (Å²) in [6.45, 7) is 3.96. The number of nitrogens with zero attached hydrogens (tertiary/aromatic N) is 3. The Kier molecular flexibility index (Phi) is 2.35. The zero-order valence-electron chi connectivity index (χ0n) is 8.69. The van der Waals surface area contributed by atoms with Gasteiger partial charge in [-0.3, -0.25) is 0 Å². The molecule has 2 heterocycles. The van der Waals surface area contributed by atoms with Crippen molar-refractivity contribution >= 4 is 17.3 Å². The van der Waals surface area contributed by atoms with Gasteiger partial charge in [-0.1, -0.05) is 6.92 Å². The van der Waals surface area contributed by atoms with Crippen LogP contribution in [0.4, 0.5) is 5.69 Å². The third-order valence-corrected chi connectivity index (χ3v) is 2.37. The van der Waals surface area contributed by atoms with Gasteiger partial charge < -0.3 is 4.40 Å². The lowest BCUT2D eigenvalue weighted by atomic mass is 10.3. The van der Waals surface area contributed by atoms with Crippen molar-refractivity contribution in [1.82, 2.24) is 9.38 Å². The quantitative estimate of drug-likeness (QED) is 0.552. The monoisotopic (exact) mass is 201 g/mol. The number of carbonyl (C=O) groups excluding carboxylic acids is 1. The molecule has 2 aromatic rings. The first kappa shape index (κ1) is 9.62. The van der Waals surface area contributed by atoms with E-state index in [4.69, 9.17) is 0 Å². The van der Waals surface area contributed by atoms with E-state index < -0.39 is 0 Å². The van der Waals surface area contributed by atoms with Crippen LogP contribution in [0, 0.1) is 6.92 Å². The topological polar surface area (TPSA) is 46.7 Å². The van der Waals surface area contributed by atoms with Gasteiger partial charge in [-0.2, -0.15) is 4.99 Å². The highest BCUT2D eigenvalue weighted by Crippen LogP contribution is 2.24. The molecule has 0 amide bonds. The Morgan fingerprint density at radius 1 is 1.60 bits per heavy atom. The average molecular weight is 201 g/mol. The molecule has 0 aliphatic carbocycles. The normalized spacial score (nSPS) is 10.3. The molecule has 0 spiro atoms. The minimum atomic E-state index is 0.622. The van der Waals surface area contributed by atoms with E-state index in [1.54, 1.807) is 12.1 Å². The summed E-state index contributed by atoms with van der Waals surface area (Å²) in [6.07, 6.45) is 4.34. The van der Waals surface area contributed by atoms with Crippen LogP contribution in [0.25, 0.3) is 5.52 Å². The lowest BCUT2D eigenvalue weighted by Crippen LogP contribution is -1.90. The number of fused-ring (bicyclic) bond motifs is 1. The van der Waals surface area contributed by atoms with E-state index in [-0.39, 0.29) is 0 Å². The maximum Gasteiger partial charge on any atom is 0.240 e. The van der Waals surface area contributed by atoms with Gasteiger partial charge in [0.25, 0.3) is 0 Å². The van der Waals surface area contributed by atoms with Crippen LogP contribution in [-0.2, 0) is 11.2 Å². The number of aryl methyl sites for hydroxylation is 2. The Labute approximate surface area is 87.3 Å². The molecule has 2 aromatic heterocycles. The number of hydrogen-bond donors (Lipinski definition) is 0. The Balaban J connectivity index is 2.85. The fourth-order valence-corrected chi connectivity index (χ4v) is 1.76. The largest absolute Gasteiger partial charge is 0.301 e. The van der Waals surface area contributed by atoms with Crippen LogP contribution >= 0.6 is 0 Å². The van der Waals surface area contributed by atoms with Gasteiger partial charge >= 0.3 is 0 Å². The van der Waals surface area contributed by atoms with Gasteiger partial charge in [0.15, 0.2) is 0 Å². The summed E-state index contributed by atoms with van der Waals surface area (Å²) in [5.74, 6) is 0.977. The maximum absolute atomic E-state index is 10.3. The minimum absolute atomic E-state index is 0.622. The van der Waals surface area contributed by atoms with Crippen molar-refractivity contribution in [2.24, 2.45) is 4.99 Å². The van der Waals surface area contributed by atoms with Gasteiger partial charge in [-0.25, -0.2) is 9.78 Å². The molecular formula is C11H11N3O. The van der Waals surface area contributed by atoms with Crippen molar-refractivity contribution in [3.8, 4) is 0 Å². The van der Waals surface area contributed by atoms with Crippen LogP contribution in [0.1, 0.15) is 18.4 Å². The maximum atomic E-state index is 10.3. The predicted molar refractivity (Wildman–Crippen MR) is 57.1 cm³/mol. The van der Waals surface area contributed by atoms with Gasteiger partial charge in [0, 0.05) is 12.6 Å². The summed E-state index contributed by atoms with van der Waals surface area (Å²) in [5, 5.41) is 0. The van der Waals surface area contributed by atoms with Gasteiger partial charge in [0.1, 0.15) is 11.5 Å². The first-order valence-electron chi connectivity index (χ1n) is 4.82. The molecule has 0 radical (unpaired) electrons. The van der Waals surface area contributed by atoms with Gasteiger partial charge in [-0.05, 0) is 19.1 Å². The molecule has 0 aromatic carbocycles. The van der Waals surface area contributed by atoms with Crippen LogP contribution in [0.2, 0.25) is 0 Å². The SMILES string of the molecule is CCc1nc(C)c2c(N=C=O)cccn12. The molecular weight excluding hydrogens is 190 g/mol. The second-order valence-electron chi connectivity index (χ2n) is 3.28. The van der Waals surface area contributed by atoms with E-state index in [1.807, 2.05) is 30.5 Å². The number of aromatic nitrogens is 2. The van der Waals surface area contributed by atoms with Gasteiger partial charge in [-0.15, -0.1) is 0 Å². The van der Waals surface area contributed by atoms with Crippen molar-refractivity contribution in [2.45, 2.75) is 20.3 Å². The van der Waals surface area contributed by atoms with E-state index in [0.29, 0.717) is 5.69 Å². The number of rotatable bonds is 2. The molecule has 4 heteroatoms. The number of isocyanates is 1. The second-order valence-corrected chi connectivity index (χ2v) is 3.28. The summed E-state index contributed by atoms with van der Waals surface area (Å²) in [5.41, 5.74) is 2.40. The molecule has 76 valence electrons. The second kappa shape index (κ2) is 3.67. The Bertz CT molecular complexity index is 550. The first-order chi connectivity index (χ1) is 7.27. The van der Waals surface area contributed by atoms with Crippen LogP contribution in [-0.4, -0.2) is 15.5 Å². The van der Waals surface area contributed by atoms with Crippen molar-refractivity contribution in [3.05, 3.63) is 29.8 Å². The molecule has 0 unspecified atom stereocenters. The Hall–Kier alpha value is -1.93. The Morgan fingerprint density at radius 2 is 2.40 bits per heavy atom. The molecule has 0 saturated heterocycles. The van der Waals surface area contributed by atoms with Crippen molar-refractivity contribution < 1.29 is 4.79 Å². The third-order valence-electron chi connectivity index (χ3n) is 2.37. The molecule has 0 bridgehead atoms. The standard InChI is InChI=1S/C11H11N3O/c1-3-10-13-8(2)11-9(12-7-15)5-4-6-14(10)11/h4-6H,3H2,1-2H3. The molecule has 0 aliphatic rings. The third kappa shape index (κ3) is 1.45. The van der Waals surface area contributed by atoms with E-state index in [1.165, 1.54) is 0 Å². The number of hydrogen-bond acceptors (Lipinski definition) is 3. The molecule has 15 heavy (non-hydrogen) atoms. The molecule has 0 N–H and O–H groups in total. The zero-order chi connectivity index (χ0) is 10.8. The van der Waals surface area contributed by atoms with Gasteiger partial charge in [0.2, 0.25) is 6.08 Å². The summed E-state index contributed by atoms with van der Waals surface area (Å²) >= 11 is 0. The van der Waals surface area contributed by atoms with Crippen molar-refractivity contribution in [3.63, 3.8) is 0 Å². The van der Waals surface area contributed by atoms with Crippen LogP contribution < -0.4 is 0 Å². The Morgan fingerprint density at radius 3 is 3.07 bits per heavy atom. The minimum Gasteiger partial charge on any atom is -0.301 e. The highest BCUT2D eigenvalue weighted by atomic mass is 16.1. The summed E-state index contributed by atoms with van der Waals surface area (Å²) in [6, 6.07) is 3.64. The summed E-state index contributed by atoms with van der Waals surface area (Å²) in [4.78, 5) is 18.4. The number of aliphatic imine (C=N–C) groups is 1. The molecule has 0 fully saturated rings. The van der Waals surface area contributed by atoms with E-state index >= 15 is 0 Å². The van der Waals surface area contributed by atoms with Crippen molar-refractivity contribution in [2.75, 3.05) is 0 Å². The van der Waals surface area contributed by atoms with Gasteiger partial charge in [0.05, 0.1) is 11.2 Å². The fraction of sp³-hybridized carbons (Fsp3) is 0.273. The number of imidazole rings is 1. The lowest BCUT2D eigenvalue weighted by molar-refractivity contribution is 0.565. The summed E-state index contributed by atoms with van der Waals surface area (Å²) < 4.78 is 1.96. The van der Waals surface area contributed by atoms with E-state index in [2.05, 4.69) is 9.98 Å². The highest BCUT2D eigenvalue weighted by Gasteiger charge is 2.09. The molecule has 2 rings (SSSR count). The molecule has 0 atom stereocenters. The molecule has 0 saturated carbocycles.